The molecular weight excluding hydrogens is 366 g/mol. The highest BCUT2D eigenvalue weighted by molar-refractivity contribution is 6.04. The van der Waals surface area contributed by atoms with Gasteiger partial charge in [-0.15, -0.1) is 0 Å². The van der Waals surface area contributed by atoms with E-state index in [-0.39, 0.29) is 19.1 Å². The van der Waals surface area contributed by atoms with Crippen molar-refractivity contribution in [3.8, 4) is 5.75 Å². The topological polar surface area (TPSA) is 64.6 Å². The molecule has 1 N–H and O–H groups in total. The van der Waals surface area contributed by atoms with Crippen LogP contribution >= 0.6 is 0 Å². The second-order valence-corrected chi connectivity index (χ2v) is 6.66. The Labute approximate surface area is 170 Å². The molecule has 0 fully saturated rings. The van der Waals surface area contributed by atoms with Gasteiger partial charge in [-0.1, -0.05) is 42.5 Å². The predicted molar refractivity (Wildman–Crippen MR) is 112 cm³/mol. The van der Waals surface area contributed by atoms with Crippen LogP contribution in [0.1, 0.15) is 27.0 Å². The quantitative estimate of drug-likeness (QED) is 0.596. The lowest BCUT2D eigenvalue weighted by Crippen LogP contribution is -2.15. The van der Waals surface area contributed by atoms with Crippen LogP contribution in [-0.4, -0.2) is 18.5 Å². The number of aryl methyl sites for hydroxylation is 1. The first-order valence-corrected chi connectivity index (χ1v) is 9.33. The number of hydrogen-bond acceptors (Lipinski definition) is 4. The van der Waals surface area contributed by atoms with Gasteiger partial charge in [0.25, 0.3) is 5.91 Å². The lowest BCUT2D eigenvalue weighted by atomic mass is 10.1. The van der Waals surface area contributed by atoms with Crippen LogP contribution in [0.3, 0.4) is 0 Å². The molecule has 148 valence electrons. The van der Waals surface area contributed by atoms with Crippen LogP contribution in [0.2, 0.25) is 0 Å². The molecule has 0 heterocycles. The molecule has 3 aromatic rings. The molecule has 0 radical (unpaired) electrons. The van der Waals surface area contributed by atoms with Gasteiger partial charge in [0.05, 0.1) is 0 Å². The molecule has 0 spiro atoms. The fraction of sp³-hybridized carbons (Fsp3) is 0.167. The van der Waals surface area contributed by atoms with Crippen LogP contribution < -0.4 is 10.1 Å². The van der Waals surface area contributed by atoms with Gasteiger partial charge in [-0.05, 0) is 60.9 Å². The second-order valence-electron chi connectivity index (χ2n) is 6.66. The first-order valence-electron chi connectivity index (χ1n) is 9.33. The van der Waals surface area contributed by atoms with Gasteiger partial charge in [0.1, 0.15) is 12.4 Å². The summed E-state index contributed by atoms with van der Waals surface area (Å²) >= 11 is 0. The van der Waals surface area contributed by atoms with Crippen LogP contribution in [0.5, 0.6) is 5.75 Å². The number of anilines is 1. The summed E-state index contributed by atoms with van der Waals surface area (Å²) in [5.74, 6) is -0.164. The number of amides is 1. The Morgan fingerprint density at radius 2 is 1.59 bits per heavy atom. The second kappa shape index (κ2) is 9.55. The fourth-order valence-corrected chi connectivity index (χ4v) is 2.71. The van der Waals surface area contributed by atoms with Gasteiger partial charge in [0, 0.05) is 11.3 Å². The molecule has 0 aromatic heterocycles. The maximum Gasteiger partial charge on any atom is 0.344 e. The summed E-state index contributed by atoms with van der Waals surface area (Å²) in [7, 11) is 0. The summed E-state index contributed by atoms with van der Waals surface area (Å²) in [5.41, 5.74) is 4.36. The highest BCUT2D eigenvalue weighted by Gasteiger charge is 2.10. The van der Waals surface area contributed by atoms with Gasteiger partial charge in [0.15, 0.2) is 6.61 Å². The Kier molecular flexibility index (Phi) is 6.63. The third-order valence-corrected chi connectivity index (χ3v) is 4.57. The van der Waals surface area contributed by atoms with Crippen LogP contribution in [-0.2, 0) is 16.1 Å². The van der Waals surface area contributed by atoms with Gasteiger partial charge >= 0.3 is 5.97 Å². The minimum atomic E-state index is -0.453. The molecule has 0 bridgehead atoms. The van der Waals surface area contributed by atoms with Crippen LogP contribution in [0.15, 0.2) is 72.8 Å². The lowest BCUT2D eigenvalue weighted by molar-refractivity contribution is -0.147. The number of esters is 1. The van der Waals surface area contributed by atoms with E-state index in [1.54, 1.807) is 24.3 Å². The predicted octanol–water partition coefficient (Wildman–Crippen LogP) is 4.68. The van der Waals surface area contributed by atoms with Crippen molar-refractivity contribution >= 4 is 17.6 Å². The van der Waals surface area contributed by atoms with Gasteiger partial charge < -0.3 is 14.8 Å². The molecule has 29 heavy (non-hydrogen) atoms. The van der Waals surface area contributed by atoms with Crippen molar-refractivity contribution in [3.05, 3.63) is 95.1 Å². The van der Waals surface area contributed by atoms with Crippen molar-refractivity contribution in [2.24, 2.45) is 0 Å². The number of carbonyl (C=O) groups excluding carboxylic acids is 2. The Morgan fingerprint density at radius 3 is 2.31 bits per heavy atom. The van der Waals surface area contributed by atoms with Crippen LogP contribution in [0.4, 0.5) is 5.69 Å². The summed E-state index contributed by atoms with van der Waals surface area (Å²) in [4.78, 5) is 24.3. The molecule has 0 aliphatic carbocycles. The first kappa shape index (κ1) is 20.1. The molecule has 0 aliphatic heterocycles. The van der Waals surface area contributed by atoms with E-state index in [9.17, 15) is 9.59 Å². The molecule has 3 aromatic carbocycles. The van der Waals surface area contributed by atoms with E-state index in [1.165, 1.54) is 0 Å². The summed E-state index contributed by atoms with van der Waals surface area (Å²) in [6.45, 7) is 3.99. The van der Waals surface area contributed by atoms with E-state index in [1.807, 2.05) is 62.4 Å². The summed E-state index contributed by atoms with van der Waals surface area (Å²) in [6, 6.07) is 21.9. The van der Waals surface area contributed by atoms with E-state index < -0.39 is 5.97 Å². The third-order valence-electron chi connectivity index (χ3n) is 4.57. The van der Waals surface area contributed by atoms with E-state index in [2.05, 4.69) is 5.32 Å². The maximum absolute atomic E-state index is 12.4. The highest BCUT2D eigenvalue weighted by atomic mass is 16.6. The van der Waals surface area contributed by atoms with Crippen LogP contribution in [0, 0.1) is 13.8 Å². The van der Waals surface area contributed by atoms with Gasteiger partial charge in [-0.2, -0.15) is 0 Å². The Balaban J connectivity index is 1.50. The number of carbonyl (C=O) groups is 2. The molecule has 0 atom stereocenters. The largest absolute Gasteiger partial charge is 0.482 e. The lowest BCUT2D eigenvalue weighted by Gasteiger charge is -2.11. The van der Waals surface area contributed by atoms with Crippen molar-refractivity contribution in [3.63, 3.8) is 0 Å². The zero-order chi connectivity index (χ0) is 20.6. The third kappa shape index (κ3) is 5.69. The fourth-order valence-electron chi connectivity index (χ4n) is 2.71. The molecule has 0 saturated heterocycles. The monoisotopic (exact) mass is 389 g/mol. The molecule has 0 unspecified atom stereocenters. The highest BCUT2D eigenvalue weighted by Crippen LogP contribution is 2.19. The number of nitrogens with one attached hydrogen (secondary N) is 1. The summed E-state index contributed by atoms with van der Waals surface area (Å²) in [6.07, 6.45) is 0. The van der Waals surface area contributed by atoms with E-state index in [4.69, 9.17) is 9.47 Å². The Hall–Kier alpha value is -3.60. The summed E-state index contributed by atoms with van der Waals surface area (Å²) < 4.78 is 10.6. The maximum atomic E-state index is 12.4. The number of benzene rings is 3. The minimum absolute atomic E-state index is 0.194. The summed E-state index contributed by atoms with van der Waals surface area (Å²) in [5, 5.41) is 2.92. The molecule has 0 saturated carbocycles. The molecule has 3 rings (SSSR count). The first-order chi connectivity index (χ1) is 14.0. The van der Waals surface area contributed by atoms with Crippen molar-refractivity contribution in [2.45, 2.75) is 20.5 Å². The molecule has 0 aliphatic rings. The minimum Gasteiger partial charge on any atom is -0.482 e. The number of rotatable bonds is 7. The zero-order valence-electron chi connectivity index (χ0n) is 16.5. The normalized spacial score (nSPS) is 10.3. The zero-order valence-corrected chi connectivity index (χ0v) is 16.5. The number of hydrogen-bond donors (Lipinski definition) is 1. The Bertz CT molecular complexity index is 982. The van der Waals surface area contributed by atoms with Crippen molar-refractivity contribution in [1.29, 1.82) is 0 Å². The molecule has 5 nitrogen and oxygen atoms in total. The average Bonchev–Trinajstić information content (AvgIpc) is 2.75. The van der Waals surface area contributed by atoms with Gasteiger partial charge in [-0.3, -0.25) is 4.79 Å². The van der Waals surface area contributed by atoms with Crippen molar-refractivity contribution in [1.82, 2.24) is 0 Å². The van der Waals surface area contributed by atoms with Gasteiger partial charge in [-0.25, -0.2) is 4.79 Å². The van der Waals surface area contributed by atoms with E-state index >= 15 is 0 Å². The molecule has 5 heteroatoms. The molecular formula is C24H23NO4. The Morgan fingerprint density at radius 1 is 0.862 bits per heavy atom. The van der Waals surface area contributed by atoms with E-state index in [0.717, 1.165) is 22.4 Å². The number of ether oxygens (including phenoxy) is 2. The van der Waals surface area contributed by atoms with Crippen molar-refractivity contribution in [2.75, 3.05) is 11.9 Å². The van der Waals surface area contributed by atoms with Gasteiger partial charge in [0.2, 0.25) is 0 Å². The average molecular weight is 389 g/mol. The van der Waals surface area contributed by atoms with E-state index in [0.29, 0.717) is 11.3 Å². The molecule has 1 amide bonds. The van der Waals surface area contributed by atoms with Crippen molar-refractivity contribution < 1.29 is 19.1 Å². The van der Waals surface area contributed by atoms with Crippen LogP contribution in [0.25, 0.3) is 0 Å². The smallest absolute Gasteiger partial charge is 0.344 e. The SMILES string of the molecule is Cc1cccc(NC(=O)c2ccc(OCC(=O)OCc3ccccc3)cc2)c1C. The standard InChI is InChI=1S/C24H23NO4/c1-17-7-6-10-22(18(17)2)25-24(27)20-11-13-21(14-12-20)28-16-23(26)29-15-19-8-4-3-5-9-19/h3-14H,15-16H2,1-2H3,(H,25,27).